The zero-order valence-electron chi connectivity index (χ0n) is 11.0. The van der Waals surface area contributed by atoms with Crippen molar-refractivity contribution in [2.24, 2.45) is 0 Å². The zero-order valence-corrected chi connectivity index (χ0v) is 11.0. The zero-order chi connectivity index (χ0) is 13.8. The van der Waals surface area contributed by atoms with Crippen LogP contribution < -0.4 is 10.9 Å². The second-order valence-electron chi connectivity index (χ2n) is 4.20. The minimum Gasteiger partial charge on any atom is -0.354 e. The number of nitrogens with one attached hydrogen (secondary N) is 1. The topological polar surface area (TPSA) is 76.9 Å². The van der Waals surface area contributed by atoms with Crippen molar-refractivity contribution in [3.8, 4) is 0 Å². The second-order valence-corrected chi connectivity index (χ2v) is 4.20. The first-order chi connectivity index (χ1) is 9.19. The summed E-state index contributed by atoms with van der Waals surface area (Å²) in [5.74, 6) is -0.471. The Labute approximate surface area is 110 Å². The van der Waals surface area contributed by atoms with Crippen LogP contribution in [-0.4, -0.2) is 27.5 Å². The molecule has 2 aromatic heterocycles. The van der Waals surface area contributed by atoms with Crippen molar-refractivity contribution >= 4 is 17.1 Å². The van der Waals surface area contributed by atoms with Gasteiger partial charge >= 0.3 is 0 Å². The number of rotatable bonds is 4. The fourth-order valence-electron chi connectivity index (χ4n) is 1.87. The molecule has 19 heavy (non-hydrogen) atoms. The summed E-state index contributed by atoms with van der Waals surface area (Å²) in [5.41, 5.74) is 0.600. The molecule has 1 amide bonds. The number of fused-ring (bicyclic) bond motifs is 1. The normalized spacial score (nSPS) is 10.6. The van der Waals surface area contributed by atoms with Crippen LogP contribution in [-0.2, 0) is 6.54 Å². The first-order valence-electron chi connectivity index (χ1n) is 6.26. The van der Waals surface area contributed by atoms with E-state index in [-0.39, 0.29) is 11.3 Å². The van der Waals surface area contributed by atoms with Crippen LogP contribution in [0.1, 0.15) is 30.3 Å². The number of aromatic nitrogens is 3. The van der Waals surface area contributed by atoms with E-state index in [0.29, 0.717) is 17.7 Å². The van der Waals surface area contributed by atoms with Crippen LogP contribution in [0.25, 0.3) is 11.2 Å². The van der Waals surface area contributed by atoms with Gasteiger partial charge in [-0.25, -0.2) is 9.97 Å². The average molecular weight is 260 g/mol. The van der Waals surface area contributed by atoms with E-state index in [9.17, 15) is 9.59 Å². The monoisotopic (exact) mass is 260 g/mol. The Morgan fingerprint density at radius 3 is 2.95 bits per heavy atom. The molecule has 0 aliphatic carbocycles. The lowest BCUT2D eigenvalue weighted by atomic mass is 10.3. The molecule has 0 aromatic carbocycles. The lowest BCUT2D eigenvalue weighted by molar-refractivity contribution is 0.0956. The molecule has 0 atom stereocenters. The molecule has 0 saturated carbocycles. The molecule has 2 aromatic rings. The highest BCUT2D eigenvalue weighted by molar-refractivity contribution is 5.93. The van der Waals surface area contributed by atoms with Crippen molar-refractivity contribution in [1.29, 1.82) is 0 Å². The van der Waals surface area contributed by atoms with E-state index in [2.05, 4.69) is 15.3 Å². The molecule has 0 aliphatic heterocycles. The number of unbranched alkanes of at least 4 members (excludes halogenated alkanes) is 1. The molecule has 100 valence electrons. The van der Waals surface area contributed by atoms with Gasteiger partial charge in [0, 0.05) is 19.8 Å². The number of pyridine rings is 1. The minimum absolute atomic E-state index is 0.0842. The molecule has 0 radical (unpaired) electrons. The average Bonchev–Trinajstić information content (AvgIpc) is 2.45. The van der Waals surface area contributed by atoms with Crippen LogP contribution in [0.4, 0.5) is 0 Å². The highest BCUT2D eigenvalue weighted by Gasteiger charge is 2.16. The van der Waals surface area contributed by atoms with Gasteiger partial charge in [0.2, 0.25) is 0 Å². The summed E-state index contributed by atoms with van der Waals surface area (Å²) < 4.78 is 1.52. The summed E-state index contributed by atoms with van der Waals surface area (Å²) in [6.45, 7) is 2.58. The van der Waals surface area contributed by atoms with Gasteiger partial charge in [-0.05, 0) is 18.6 Å². The fourth-order valence-corrected chi connectivity index (χ4v) is 1.87. The number of aryl methyl sites for hydroxylation is 1. The van der Waals surface area contributed by atoms with Gasteiger partial charge in [-0.1, -0.05) is 13.3 Å². The summed E-state index contributed by atoms with van der Waals surface area (Å²) in [5, 5.41) is 2.43. The molecule has 0 saturated heterocycles. The van der Waals surface area contributed by atoms with E-state index in [4.69, 9.17) is 0 Å². The van der Waals surface area contributed by atoms with E-state index in [0.717, 1.165) is 12.8 Å². The van der Waals surface area contributed by atoms with Gasteiger partial charge in [0.25, 0.3) is 11.5 Å². The van der Waals surface area contributed by atoms with Crippen LogP contribution in [0.15, 0.2) is 23.1 Å². The smallest absolute Gasteiger partial charge is 0.283 e. The number of nitrogens with zero attached hydrogens (tertiary/aromatic N) is 3. The molecule has 0 unspecified atom stereocenters. The Morgan fingerprint density at radius 2 is 2.26 bits per heavy atom. The predicted molar refractivity (Wildman–Crippen MR) is 72.1 cm³/mol. The van der Waals surface area contributed by atoms with Gasteiger partial charge < -0.3 is 5.32 Å². The SMILES string of the molecule is CCCCn1c(=O)c(C(=O)NC)nc2cccnc21. The second kappa shape index (κ2) is 5.60. The molecule has 0 aliphatic rings. The molecular weight excluding hydrogens is 244 g/mol. The first kappa shape index (κ1) is 13.2. The van der Waals surface area contributed by atoms with Gasteiger partial charge in [-0.3, -0.25) is 14.2 Å². The number of carbonyl (C=O) groups excluding carboxylic acids is 1. The maximum Gasteiger partial charge on any atom is 0.283 e. The predicted octanol–water partition coefficient (Wildman–Crippen LogP) is 0.951. The van der Waals surface area contributed by atoms with Crippen molar-refractivity contribution < 1.29 is 4.79 Å². The lowest BCUT2D eigenvalue weighted by Gasteiger charge is -2.10. The molecule has 1 N–H and O–H groups in total. The van der Waals surface area contributed by atoms with E-state index in [1.165, 1.54) is 11.6 Å². The van der Waals surface area contributed by atoms with Crippen LogP contribution in [0.2, 0.25) is 0 Å². The van der Waals surface area contributed by atoms with Gasteiger partial charge in [0.05, 0.1) is 0 Å². The Hall–Kier alpha value is -2.24. The number of hydrogen-bond donors (Lipinski definition) is 1. The third kappa shape index (κ3) is 2.47. The lowest BCUT2D eigenvalue weighted by Crippen LogP contribution is -2.33. The molecule has 6 heteroatoms. The fraction of sp³-hybridized carbons (Fsp3) is 0.385. The summed E-state index contributed by atoms with van der Waals surface area (Å²) >= 11 is 0. The Balaban J connectivity index is 2.70. The van der Waals surface area contributed by atoms with Crippen LogP contribution in [0, 0.1) is 0 Å². The molecule has 0 spiro atoms. The molecule has 6 nitrogen and oxygen atoms in total. The van der Waals surface area contributed by atoms with Crippen LogP contribution in [0.3, 0.4) is 0 Å². The summed E-state index contributed by atoms with van der Waals surface area (Å²) in [6, 6.07) is 3.48. The Bertz CT molecular complexity index is 663. The standard InChI is InChI=1S/C13H16N4O2/c1-3-4-8-17-11-9(6-5-7-15-11)16-10(13(17)19)12(18)14-2/h5-7H,3-4,8H2,1-2H3,(H,14,18). The van der Waals surface area contributed by atoms with E-state index in [1.807, 2.05) is 6.92 Å². The summed E-state index contributed by atoms with van der Waals surface area (Å²) in [7, 11) is 1.48. The maximum atomic E-state index is 12.3. The van der Waals surface area contributed by atoms with Gasteiger partial charge in [0.1, 0.15) is 5.52 Å². The molecule has 2 rings (SSSR count). The highest BCUT2D eigenvalue weighted by Crippen LogP contribution is 2.08. The Morgan fingerprint density at radius 1 is 1.47 bits per heavy atom. The number of carbonyl (C=O) groups is 1. The van der Waals surface area contributed by atoms with E-state index in [1.54, 1.807) is 18.3 Å². The molecular formula is C13H16N4O2. The van der Waals surface area contributed by atoms with Crippen LogP contribution in [0.5, 0.6) is 0 Å². The molecule has 0 fully saturated rings. The van der Waals surface area contributed by atoms with Crippen molar-refractivity contribution in [3.63, 3.8) is 0 Å². The van der Waals surface area contributed by atoms with Crippen molar-refractivity contribution in [3.05, 3.63) is 34.4 Å². The highest BCUT2D eigenvalue weighted by atomic mass is 16.2. The molecule has 2 heterocycles. The van der Waals surface area contributed by atoms with Crippen molar-refractivity contribution in [1.82, 2.24) is 19.9 Å². The van der Waals surface area contributed by atoms with Crippen LogP contribution >= 0.6 is 0 Å². The van der Waals surface area contributed by atoms with Crippen molar-refractivity contribution in [2.75, 3.05) is 7.05 Å². The molecule has 0 bridgehead atoms. The van der Waals surface area contributed by atoms with Gasteiger partial charge in [0.15, 0.2) is 11.3 Å². The van der Waals surface area contributed by atoms with Gasteiger partial charge in [-0.15, -0.1) is 0 Å². The minimum atomic E-state index is -0.471. The first-order valence-corrected chi connectivity index (χ1v) is 6.26. The third-order valence-electron chi connectivity index (χ3n) is 2.88. The number of hydrogen-bond acceptors (Lipinski definition) is 4. The largest absolute Gasteiger partial charge is 0.354 e. The maximum absolute atomic E-state index is 12.3. The summed E-state index contributed by atoms with van der Waals surface area (Å²) in [4.78, 5) is 32.3. The van der Waals surface area contributed by atoms with Gasteiger partial charge in [-0.2, -0.15) is 0 Å². The summed E-state index contributed by atoms with van der Waals surface area (Å²) in [6.07, 6.45) is 3.42. The van der Waals surface area contributed by atoms with Crippen molar-refractivity contribution in [2.45, 2.75) is 26.3 Å². The Kier molecular flexibility index (Phi) is 3.89. The van der Waals surface area contributed by atoms with E-state index >= 15 is 0 Å². The number of amides is 1. The van der Waals surface area contributed by atoms with E-state index < -0.39 is 5.91 Å². The quantitative estimate of drug-likeness (QED) is 0.888. The third-order valence-corrected chi connectivity index (χ3v) is 2.88.